The molecule has 4 saturated carbocycles. The van der Waals surface area contributed by atoms with Gasteiger partial charge in [-0.2, -0.15) is 8.42 Å². The Morgan fingerprint density at radius 2 is 1.50 bits per heavy atom. The molecule has 4 heteroatoms. The van der Waals surface area contributed by atoms with Gasteiger partial charge < -0.3 is 0 Å². The molecule has 4 aliphatic carbocycles. The molecule has 0 saturated heterocycles. The maximum atomic E-state index is 11.1. The Balaban J connectivity index is 1.74. The monoisotopic (exact) mass is 244 g/mol. The van der Waals surface area contributed by atoms with Crippen LogP contribution in [0, 0.1) is 23.2 Å². The van der Waals surface area contributed by atoms with Crippen molar-refractivity contribution in [3.05, 3.63) is 0 Å². The molecule has 4 fully saturated rings. The summed E-state index contributed by atoms with van der Waals surface area (Å²) in [6, 6.07) is 0. The molecule has 4 bridgehead atoms. The van der Waals surface area contributed by atoms with Crippen molar-refractivity contribution in [3.63, 3.8) is 0 Å². The standard InChI is InChI=1S/C12H20O3S/c1-16(13,14)15-8-12-5-9-2-10(6-12)4-11(3-9)7-12/h9-11H,2-8H2,1H3. The van der Waals surface area contributed by atoms with Crippen molar-refractivity contribution in [2.45, 2.75) is 38.5 Å². The summed E-state index contributed by atoms with van der Waals surface area (Å²) >= 11 is 0. The predicted octanol–water partition coefficient (Wildman–Crippen LogP) is 2.18. The molecular weight excluding hydrogens is 224 g/mol. The summed E-state index contributed by atoms with van der Waals surface area (Å²) in [7, 11) is -3.27. The van der Waals surface area contributed by atoms with Crippen molar-refractivity contribution in [3.8, 4) is 0 Å². The van der Waals surface area contributed by atoms with Crippen LogP contribution in [0.5, 0.6) is 0 Å². The third-order valence-electron chi connectivity index (χ3n) is 4.74. The summed E-state index contributed by atoms with van der Waals surface area (Å²) in [4.78, 5) is 0. The molecule has 4 aliphatic rings. The van der Waals surface area contributed by atoms with E-state index in [1.807, 2.05) is 0 Å². The quantitative estimate of drug-likeness (QED) is 0.715. The molecule has 0 amide bonds. The lowest BCUT2D eigenvalue weighted by atomic mass is 9.50. The first kappa shape index (κ1) is 11.0. The largest absolute Gasteiger partial charge is 0.270 e. The summed E-state index contributed by atoms with van der Waals surface area (Å²) in [5, 5.41) is 0. The van der Waals surface area contributed by atoms with Gasteiger partial charge in [0.2, 0.25) is 0 Å². The van der Waals surface area contributed by atoms with E-state index in [0.717, 1.165) is 24.0 Å². The second kappa shape index (κ2) is 3.45. The normalized spacial score (nSPS) is 46.2. The van der Waals surface area contributed by atoms with Crippen LogP contribution in [0.2, 0.25) is 0 Å². The van der Waals surface area contributed by atoms with Gasteiger partial charge in [-0.25, -0.2) is 0 Å². The van der Waals surface area contributed by atoms with Crippen LogP contribution in [0.4, 0.5) is 0 Å². The fourth-order valence-electron chi connectivity index (χ4n) is 4.70. The first-order valence-electron chi connectivity index (χ1n) is 6.29. The second-order valence-corrected chi connectivity index (χ2v) is 8.03. The summed E-state index contributed by atoms with van der Waals surface area (Å²) in [5.41, 5.74) is 0.206. The molecule has 0 N–H and O–H groups in total. The van der Waals surface area contributed by atoms with Gasteiger partial charge in [-0.05, 0) is 61.7 Å². The van der Waals surface area contributed by atoms with E-state index >= 15 is 0 Å². The van der Waals surface area contributed by atoms with Gasteiger partial charge in [0, 0.05) is 0 Å². The molecule has 3 nitrogen and oxygen atoms in total. The summed E-state index contributed by atoms with van der Waals surface area (Å²) in [6.45, 7) is 0.440. The van der Waals surface area contributed by atoms with E-state index in [0.29, 0.717) is 6.61 Å². The van der Waals surface area contributed by atoms with Crippen molar-refractivity contribution in [2.24, 2.45) is 23.2 Å². The fraction of sp³-hybridized carbons (Fsp3) is 1.00. The number of rotatable bonds is 3. The Kier molecular flexibility index (Phi) is 2.38. The van der Waals surface area contributed by atoms with Gasteiger partial charge in [-0.15, -0.1) is 0 Å². The third kappa shape index (κ3) is 2.02. The van der Waals surface area contributed by atoms with Gasteiger partial charge in [0.25, 0.3) is 10.1 Å². The molecule has 0 aromatic carbocycles. The molecule has 0 aromatic heterocycles. The van der Waals surface area contributed by atoms with Crippen molar-refractivity contribution in [1.82, 2.24) is 0 Å². The Hall–Kier alpha value is -0.0900. The topological polar surface area (TPSA) is 43.4 Å². The van der Waals surface area contributed by atoms with E-state index in [9.17, 15) is 8.42 Å². The lowest BCUT2D eigenvalue weighted by molar-refractivity contribution is -0.0734. The predicted molar refractivity (Wildman–Crippen MR) is 61.4 cm³/mol. The van der Waals surface area contributed by atoms with Crippen molar-refractivity contribution < 1.29 is 12.6 Å². The van der Waals surface area contributed by atoms with Crippen LogP contribution < -0.4 is 0 Å². The van der Waals surface area contributed by atoms with Crippen molar-refractivity contribution in [1.29, 1.82) is 0 Å². The Bertz CT molecular complexity index is 350. The fourth-order valence-corrected chi connectivity index (χ4v) is 5.16. The minimum absolute atomic E-state index is 0.206. The molecule has 0 spiro atoms. The highest BCUT2D eigenvalue weighted by atomic mass is 32.2. The maximum Gasteiger partial charge on any atom is 0.264 e. The van der Waals surface area contributed by atoms with E-state index < -0.39 is 10.1 Å². The minimum Gasteiger partial charge on any atom is -0.270 e. The third-order valence-corrected chi connectivity index (χ3v) is 5.29. The Labute approximate surface area is 97.7 Å². The van der Waals surface area contributed by atoms with Gasteiger partial charge in [0.15, 0.2) is 0 Å². The molecule has 92 valence electrons. The Morgan fingerprint density at radius 1 is 1.06 bits per heavy atom. The van der Waals surface area contributed by atoms with Crippen LogP contribution in [0.3, 0.4) is 0 Å². The van der Waals surface area contributed by atoms with Gasteiger partial charge in [-0.3, -0.25) is 4.18 Å². The van der Waals surface area contributed by atoms with E-state index in [2.05, 4.69) is 0 Å². The van der Waals surface area contributed by atoms with Crippen LogP contribution >= 0.6 is 0 Å². The van der Waals surface area contributed by atoms with Crippen molar-refractivity contribution >= 4 is 10.1 Å². The van der Waals surface area contributed by atoms with Gasteiger partial charge in [0.1, 0.15) is 0 Å². The molecule has 0 radical (unpaired) electrons. The zero-order chi connectivity index (χ0) is 11.4. The average Bonchev–Trinajstić information content (AvgIpc) is 2.11. The lowest BCUT2D eigenvalue weighted by Crippen LogP contribution is -2.48. The highest BCUT2D eigenvalue weighted by molar-refractivity contribution is 7.85. The van der Waals surface area contributed by atoms with E-state index in [1.165, 1.54) is 38.5 Å². The molecule has 0 aliphatic heterocycles. The Morgan fingerprint density at radius 3 is 1.88 bits per heavy atom. The van der Waals surface area contributed by atoms with Gasteiger partial charge >= 0.3 is 0 Å². The lowest BCUT2D eigenvalue weighted by Gasteiger charge is -2.56. The van der Waals surface area contributed by atoms with Crippen LogP contribution in [-0.4, -0.2) is 21.3 Å². The first-order chi connectivity index (χ1) is 7.44. The smallest absolute Gasteiger partial charge is 0.264 e. The highest BCUT2D eigenvalue weighted by Gasteiger charge is 2.51. The summed E-state index contributed by atoms with van der Waals surface area (Å²) in [5.74, 6) is 2.57. The van der Waals surface area contributed by atoms with Gasteiger partial charge in [0.05, 0.1) is 12.9 Å². The van der Waals surface area contributed by atoms with Crippen LogP contribution in [0.25, 0.3) is 0 Å². The zero-order valence-corrected chi connectivity index (χ0v) is 10.6. The molecule has 0 atom stereocenters. The molecule has 0 aromatic rings. The van der Waals surface area contributed by atoms with E-state index in [4.69, 9.17) is 4.18 Å². The number of hydrogen-bond acceptors (Lipinski definition) is 3. The highest BCUT2D eigenvalue weighted by Crippen LogP contribution is 2.60. The van der Waals surface area contributed by atoms with Crippen LogP contribution in [-0.2, 0) is 14.3 Å². The molecule has 16 heavy (non-hydrogen) atoms. The van der Waals surface area contributed by atoms with Crippen LogP contribution in [0.1, 0.15) is 38.5 Å². The second-order valence-electron chi connectivity index (χ2n) is 6.38. The van der Waals surface area contributed by atoms with Crippen molar-refractivity contribution in [2.75, 3.05) is 12.9 Å². The minimum atomic E-state index is -3.27. The van der Waals surface area contributed by atoms with E-state index in [1.54, 1.807) is 0 Å². The number of hydrogen-bond donors (Lipinski definition) is 0. The van der Waals surface area contributed by atoms with Gasteiger partial charge in [-0.1, -0.05) is 0 Å². The zero-order valence-electron chi connectivity index (χ0n) is 9.81. The van der Waals surface area contributed by atoms with E-state index in [-0.39, 0.29) is 5.41 Å². The SMILES string of the molecule is CS(=O)(=O)OCC12CC3CC(CC(C3)C1)C2. The summed E-state index contributed by atoms with van der Waals surface area (Å²) in [6.07, 6.45) is 8.93. The molecule has 0 unspecified atom stereocenters. The summed E-state index contributed by atoms with van der Waals surface area (Å²) < 4.78 is 27.3. The average molecular weight is 244 g/mol. The molecule has 0 heterocycles. The molecular formula is C12H20O3S. The maximum absolute atomic E-state index is 11.1. The van der Waals surface area contributed by atoms with Crippen LogP contribution in [0.15, 0.2) is 0 Å². The molecule has 4 rings (SSSR count). The first-order valence-corrected chi connectivity index (χ1v) is 8.10.